The molecule has 1 aliphatic carbocycles. The van der Waals surface area contributed by atoms with Crippen molar-refractivity contribution in [2.24, 2.45) is 0 Å². The minimum Gasteiger partial charge on any atom is -0.762 e. The lowest BCUT2D eigenvalue weighted by Crippen LogP contribution is -2.37. The molecule has 0 fully saturated rings. The van der Waals surface area contributed by atoms with E-state index in [2.05, 4.69) is 4.90 Å². The largest absolute Gasteiger partial charge is 0.762 e. The van der Waals surface area contributed by atoms with E-state index < -0.39 is 14.2 Å². The van der Waals surface area contributed by atoms with Crippen LogP contribution in [0.15, 0.2) is 135 Å². The van der Waals surface area contributed by atoms with Crippen molar-refractivity contribution >= 4 is 81.9 Å². The fourth-order valence-electron chi connectivity index (χ4n) is 6.04. The third kappa shape index (κ3) is 6.29. The maximum Gasteiger partial charge on any atom is 0.488 e. The Bertz CT molecular complexity index is 2370. The van der Waals surface area contributed by atoms with Crippen molar-refractivity contribution in [1.29, 1.82) is 5.26 Å². The molecule has 0 spiro atoms. The number of aromatic nitrogens is 1. The number of fused-ring (bicyclic) bond motifs is 2. The Balaban J connectivity index is 1.31. The van der Waals surface area contributed by atoms with E-state index in [4.69, 9.17) is 0 Å². The highest BCUT2D eigenvalue weighted by molar-refractivity contribution is 8.03. The second kappa shape index (κ2) is 13.9. The van der Waals surface area contributed by atoms with Crippen LogP contribution in [0.3, 0.4) is 0 Å². The number of anilines is 1. The molecule has 0 amide bonds. The van der Waals surface area contributed by atoms with E-state index in [0.717, 1.165) is 42.0 Å². The van der Waals surface area contributed by atoms with Gasteiger partial charge >= 0.3 is 14.2 Å². The van der Waals surface area contributed by atoms with E-state index >= 15 is 0 Å². The van der Waals surface area contributed by atoms with Crippen molar-refractivity contribution in [1.82, 2.24) is 0 Å². The third-order valence-corrected chi connectivity index (χ3v) is 10.7. The van der Waals surface area contributed by atoms with Crippen LogP contribution < -0.4 is 20.4 Å². The molecule has 0 bridgehead atoms. The highest BCUT2D eigenvalue weighted by Crippen LogP contribution is 2.48. The Hall–Kier alpha value is -5.28. The molecule has 0 saturated carbocycles. The minimum atomic E-state index is -1.61. The first-order valence-electron chi connectivity index (χ1n) is 15.5. The molecule has 242 valence electrons. The molecular formula is C37H26B2N4O5S2. The summed E-state index contributed by atoms with van der Waals surface area (Å²) in [5.41, 5.74) is 4.99. The zero-order valence-electron chi connectivity index (χ0n) is 26.3. The van der Waals surface area contributed by atoms with Crippen molar-refractivity contribution in [2.75, 3.05) is 4.90 Å². The van der Waals surface area contributed by atoms with Crippen molar-refractivity contribution in [3.63, 3.8) is 0 Å². The third-order valence-electron chi connectivity index (χ3n) is 8.52. The predicted molar refractivity (Wildman–Crippen MR) is 198 cm³/mol. The van der Waals surface area contributed by atoms with Crippen molar-refractivity contribution in [3.05, 3.63) is 152 Å². The summed E-state index contributed by atoms with van der Waals surface area (Å²) in [6.45, 7) is 0.809. The van der Waals surface area contributed by atoms with Gasteiger partial charge < -0.3 is 30.4 Å². The van der Waals surface area contributed by atoms with E-state index in [1.54, 1.807) is 42.5 Å². The Kier molecular flexibility index (Phi) is 9.25. The molecule has 4 N–H and O–H groups in total. The number of carbonyl (C=O) groups excluding carboxylic acids is 1. The van der Waals surface area contributed by atoms with Crippen molar-refractivity contribution in [3.8, 4) is 6.07 Å². The average molecular weight is 692 g/mol. The molecular weight excluding hydrogens is 666 g/mol. The summed E-state index contributed by atoms with van der Waals surface area (Å²) in [6, 6.07) is 31.6. The van der Waals surface area contributed by atoms with E-state index in [1.807, 2.05) is 83.2 Å². The quantitative estimate of drug-likeness (QED) is 0.0605. The van der Waals surface area contributed by atoms with Crippen molar-refractivity contribution in [2.45, 2.75) is 18.0 Å². The zero-order valence-corrected chi connectivity index (χ0v) is 27.9. The first-order chi connectivity index (χ1) is 24.2. The topological polar surface area (TPSA) is 151 Å². The molecule has 2 aliphatic rings. The second-order valence-corrected chi connectivity index (χ2v) is 13.8. The number of nitriles is 1. The SMILES string of the molecule is N#CC(=C=[N-])C1=C(/C=C2\Sc3ccccc3N2Cc2ccc(B(O)O)cc2)C(=O)/C1=C\c1sc2ccccc2[n+]1Cc1cccc(B(O)O)c1. The minimum absolute atomic E-state index is 0.162. The van der Waals surface area contributed by atoms with E-state index in [1.165, 1.54) is 23.1 Å². The lowest BCUT2D eigenvalue weighted by molar-refractivity contribution is -0.659. The number of Topliss-reactive ketones (excluding diaryl/α,β-unsaturated/α-hetero) is 1. The average Bonchev–Trinajstić information content (AvgIpc) is 3.66. The summed E-state index contributed by atoms with van der Waals surface area (Å²) in [5.74, 6) is 1.70. The fourth-order valence-corrected chi connectivity index (χ4v) is 8.25. The number of thioether (sulfide) groups is 1. The fraction of sp³-hybridized carbons (Fsp3) is 0.0541. The van der Waals surface area contributed by atoms with Gasteiger partial charge in [-0.1, -0.05) is 95.9 Å². The molecule has 7 rings (SSSR count). The lowest BCUT2D eigenvalue weighted by Gasteiger charge is -2.26. The summed E-state index contributed by atoms with van der Waals surface area (Å²) in [5, 5.41) is 60.0. The Morgan fingerprint density at radius 1 is 0.880 bits per heavy atom. The first kappa shape index (κ1) is 33.2. The summed E-state index contributed by atoms with van der Waals surface area (Å²) < 4.78 is 3.00. The molecule has 0 unspecified atom stereocenters. The zero-order chi connectivity index (χ0) is 34.9. The van der Waals surface area contributed by atoms with Gasteiger partial charge in [-0.05, 0) is 40.8 Å². The molecule has 2 heterocycles. The number of carbonyl (C=O) groups is 1. The van der Waals surface area contributed by atoms with Crippen LogP contribution >= 0.6 is 23.1 Å². The van der Waals surface area contributed by atoms with Crippen LogP contribution in [0.1, 0.15) is 16.1 Å². The van der Waals surface area contributed by atoms with Crippen LogP contribution in [0, 0.1) is 11.3 Å². The molecule has 1 aromatic heterocycles. The molecule has 1 aliphatic heterocycles. The number of ketones is 1. The summed E-state index contributed by atoms with van der Waals surface area (Å²) in [6.07, 6.45) is 3.47. The maximum absolute atomic E-state index is 14.0. The van der Waals surface area contributed by atoms with Crippen LogP contribution in [0.4, 0.5) is 5.69 Å². The van der Waals surface area contributed by atoms with Crippen LogP contribution in [0.25, 0.3) is 21.7 Å². The molecule has 5 aromatic rings. The van der Waals surface area contributed by atoms with Gasteiger partial charge in [0.2, 0.25) is 5.52 Å². The number of hydrogen-bond acceptors (Lipinski definition) is 9. The summed E-state index contributed by atoms with van der Waals surface area (Å²) in [4.78, 5) is 17.0. The van der Waals surface area contributed by atoms with Gasteiger partial charge in [0, 0.05) is 45.9 Å². The second-order valence-electron chi connectivity index (χ2n) is 11.6. The number of thiazole rings is 1. The molecule has 0 radical (unpaired) electrons. The van der Waals surface area contributed by atoms with Gasteiger partial charge in [0.05, 0.1) is 16.3 Å². The molecule has 9 nitrogen and oxygen atoms in total. The van der Waals surface area contributed by atoms with Gasteiger partial charge in [0.25, 0.3) is 5.01 Å². The Labute approximate surface area is 296 Å². The number of rotatable bonds is 9. The van der Waals surface area contributed by atoms with E-state index in [0.29, 0.717) is 29.6 Å². The van der Waals surface area contributed by atoms with Gasteiger partial charge in [-0.3, -0.25) is 4.79 Å². The smallest absolute Gasteiger partial charge is 0.488 e. The van der Waals surface area contributed by atoms with Gasteiger partial charge in [-0.2, -0.15) is 9.83 Å². The lowest BCUT2D eigenvalue weighted by atomic mass is 9.77. The van der Waals surface area contributed by atoms with Gasteiger partial charge in [0.1, 0.15) is 10.8 Å². The molecule has 0 atom stereocenters. The molecule has 0 saturated heterocycles. The number of para-hydroxylation sites is 2. The van der Waals surface area contributed by atoms with Crippen LogP contribution in [0.5, 0.6) is 0 Å². The highest BCUT2D eigenvalue weighted by atomic mass is 32.2. The van der Waals surface area contributed by atoms with E-state index in [9.17, 15) is 35.6 Å². The summed E-state index contributed by atoms with van der Waals surface area (Å²) >= 11 is 2.95. The predicted octanol–water partition coefficient (Wildman–Crippen LogP) is 3.20. The molecule has 13 heteroatoms. The number of hydrogen-bond donors (Lipinski definition) is 4. The molecule has 4 aromatic carbocycles. The normalized spacial score (nSPS) is 15.3. The van der Waals surface area contributed by atoms with Crippen LogP contribution in [-0.4, -0.2) is 46.0 Å². The Morgan fingerprint density at radius 2 is 1.62 bits per heavy atom. The van der Waals surface area contributed by atoms with Crippen LogP contribution in [0.2, 0.25) is 0 Å². The van der Waals surface area contributed by atoms with Gasteiger partial charge in [-0.15, -0.1) is 0 Å². The molecule has 50 heavy (non-hydrogen) atoms. The number of nitrogens with zero attached hydrogens (tertiary/aromatic N) is 4. The van der Waals surface area contributed by atoms with Crippen molar-refractivity contribution < 1.29 is 29.5 Å². The Morgan fingerprint density at radius 3 is 2.36 bits per heavy atom. The van der Waals surface area contributed by atoms with Gasteiger partial charge in [0.15, 0.2) is 12.3 Å². The number of allylic oxidation sites excluding steroid dienone is 5. The van der Waals surface area contributed by atoms with E-state index in [-0.39, 0.29) is 22.5 Å². The maximum atomic E-state index is 14.0. The van der Waals surface area contributed by atoms with Crippen LogP contribution in [-0.2, 0) is 17.9 Å². The standard InChI is InChI=1S/C37H26B2N4O5S2/c40-19-25(20-41)36-28(17-34-42(30-8-1-3-10-32(30)49-34)21-23-12-14-26(15-13-23)38(45)46)37(44)29(36)18-35-43(31-9-2-4-11-33(31)50-35)22-24-6-5-7-27(16-24)39(47)48/h1-18,45-48H,21-22H2. The monoisotopic (exact) mass is 692 g/mol. The number of benzene rings is 4. The highest BCUT2D eigenvalue weighted by Gasteiger charge is 2.37. The first-order valence-corrected chi connectivity index (χ1v) is 17.1. The van der Waals surface area contributed by atoms with Gasteiger partial charge in [-0.25, -0.2) is 5.87 Å². The summed E-state index contributed by atoms with van der Waals surface area (Å²) in [7, 11) is -3.18.